The highest BCUT2D eigenvalue weighted by molar-refractivity contribution is 6.36. The molecule has 2 aromatic rings. The van der Waals surface area contributed by atoms with Crippen molar-refractivity contribution in [3.05, 3.63) is 40.8 Å². The molecule has 0 radical (unpaired) electrons. The Morgan fingerprint density at radius 2 is 2.27 bits per heavy atom. The molecule has 0 aliphatic rings. The van der Waals surface area contributed by atoms with E-state index >= 15 is 0 Å². The summed E-state index contributed by atoms with van der Waals surface area (Å²) >= 11 is 6.03. The molecule has 2 nitrogen and oxygen atoms in total. The van der Waals surface area contributed by atoms with E-state index in [2.05, 4.69) is 4.98 Å². The smallest absolute Gasteiger partial charge is 0.124 e. The summed E-state index contributed by atoms with van der Waals surface area (Å²) in [7, 11) is 0. The maximum atomic E-state index is 13.0. The first kappa shape index (κ1) is 10.1. The first-order valence-electron chi connectivity index (χ1n) is 4.38. The van der Waals surface area contributed by atoms with Crippen LogP contribution in [-0.4, -0.2) is 11.3 Å². The van der Waals surface area contributed by atoms with Crippen LogP contribution in [0, 0.1) is 5.82 Å². The van der Waals surface area contributed by atoms with Gasteiger partial charge in [0.15, 0.2) is 0 Å². The summed E-state index contributed by atoms with van der Waals surface area (Å²) in [6, 6.07) is 4.20. The number of carbonyl (C=O) groups is 1. The number of benzene rings is 1. The SMILES string of the molecule is O=CCc1cnc2ccc(F)cc2c1Cl. The Labute approximate surface area is 90.7 Å². The van der Waals surface area contributed by atoms with E-state index in [-0.39, 0.29) is 12.2 Å². The van der Waals surface area contributed by atoms with Gasteiger partial charge in [0.25, 0.3) is 0 Å². The molecule has 76 valence electrons. The molecule has 0 bridgehead atoms. The Morgan fingerprint density at radius 1 is 1.47 bits per heavy atom. The largest absolute Gasteiger partial charge is 0.303 e. The lowest BCUT2D eigenvalue weighted by atomic mass is 10.1. The van der Waals surface area contributed by atoms with Crippen LogP contribution >= 0.6 is 11.6 Å². The van der Waals surface area contributed by atoms with Gasteiger partial charge in [0, 0.05) is 18.0 Å². The summed E-state index contributed by atoms with van der Waals surface area (Å²) in [6.45, 7) is 0. The second kappa shape index (κ2) is 3.95. The fourth-order valence-electron chi connectivity index (χ4n) is 1.41. The number of rotatable bonds is 2. The Bertz CT molecular complexity index is 527. The molecule has 0 unspecified atom stereocenters. The van der Waals surface area contributed by atoms with E-state index in [1.807, 2.05) is 0 Å². The molecule has 0 amide bonds. The number of aromatic nitrogens is 1. The third kappa shape index (κ3) is 1.83. The lowest BCUT2D eigenvalue weighted by Crippen LogP contribution is -1.91. The molecule has 0 N–H and O–H groups in total. The molecule has 1 aromatic carbocycles. The molecule has 4 heteroatoms. The van der Waals surface area contributed by atoms with Crippen LogP contribution in [-0.2, 0) is 11.2 Å². The molecule has 0 saturated carbocycles. The zero-order valence-electron chi connectivity index (χ0n) is 7.71. The molecule has 2 rings (SSSR count). The topological polar surface area (TPSA) is 30.0 Å². The molecule has 0 atom stereocenters. The monoisotopic (exact) mass is 223 g/mol. The number of halogens is 2. The fraction of sp³-hybridized carbons (Fsp3) is 0.0909. The van der Waals surface area contributed by atoms with Crippen LogP contribution in [0.2, 0.25) is 5.02 Å². The normalized spacial score (nSPS) is 10.5. The van der Waals surface area contributed by atoms with Crippen molar-refractivity contribution in [3.8, 4) is 0 Å². The van der Waals surface area contributed by atoms with Crippen LogP contribution in [0.25, 0.3) is 10.9 Å². The van der Waals surface area contributed by atoms with Gasteiger partial charge in [-0.05, 0) is 23.8 Å². The Hall–Kier alpha value is -1.48. The van der Waals surface area contributed by atoms with Crippen LogP contribution in [0.1, 0.15) is 5.56 Å². The second-order valence-electron chi connectivity index (χ2n) is 3.13. The van der Waals surface area contributed by atoms with Crippen LogP contribution < -0.4 is 0 Å². The van der Waals surface area contributed by atoms with Gasteiger partial charge in [0.05, 0.1) is 10.5 Å². The lowest BCUT2D eigenvalue weighted by Gasteiger charge is -2.04. The summed E-state index contributed by atoms with van der Waals surface area (Å²) in [5, 5.41) is 0.933. The van der Waals surface area contributed by atoms with E-state index in [0.29, 0.717) is 21.5 Å². The van der Waals surface area contributed by atoms with Crippen molar-refractivity contribution < 1.29 is 9.18 Å². The van der Waals surface area contributed by atoms with E-state index in [1.54, 1.807) is 6.07 Å². The fourth-order valence-corrected chi connectivity index (χ4v) is 1.68. The van der Waals surface area contributed by atoms with Gasteiger partial charge in [-0.2, -0.15) is 0 Å². The molecule has 0 spiro atoms. The van der Waals surface area contributed by atoms with Gasteiger partial charge in [-0.15, -0.1) is 0 Å². The predicted octanol–water partition coefficient (Wildman–Crippen LogP) is 2.77. The van der Waals surface area contributed by atoms with Gasteiger partial charge in [-0.25, -0.2) is 4.39 Å². The number of hydrogen-bond acceptors (Lipinski definition) is 2. The van der Waals surface area contributed by atoms with Crippen molar-refractivity contribution in [3.63, 3.8) is 0 Å². The van der Waals surface area contributed by atoms with E-state index < -0.39 is 0 Å². The van der Waals surface area contributed by atoms with Gasteiger partial charge in [0.2, 0.25) is 0 Å². The highest BCUT2D eigenvalue weighted by Crippen LogP contribution is 2.26. The standard InChI is InChI=1S/C11H7ClFNO/c12-11-7(3-4-15)6-14-10-2-1-8(13)5-9(10)11/h1-2,4-6H,3H2. The first-order chi connectivity index (χ1) is 7.22. The van der Waals surface area contributed by atoms with Crippen LogP contribution in [0.5, 0.6) is 0 Å². The van der Waals surface area contributed by atoms with E-state index in [4.69, 9.17) is 11.6 Å². The molecule has 1 aromatic heterocycles. The second-order valence-corrected chi connectivity index (χ2v) is 3.51. The zero-order chi connectivity index (χ0) is 10.8. The summed E-state index contributed by atoms with van der Waals surface area (Å²) in [5.41, 5.74) is 1.24. The quantitative estimate of drug-likeness (QED) is 0.733. The highest BCUT2D eigenvalue weighted by Gasteiger charge is 2.07. The number of hydrogen-bond donors (Lipinski definition) is 0. The summed E-state index contributed by atoms with van der Waals surface area (Å²) in [5.74, 6) is -0.366. The van der Waals surface area contributed by atoms with E-state index in [1.165, 1.54) is 18.3 Å². The minimum Gasteiger partial charge on any atom is -0.303 e. The maximum Gasteiger partial charge on any atom is 0.124 e. The lowest BCUT2D eigenvalue weighted by molar-refractivity contribution is -0.107. The molecule has 0 fully saturated rings. The third-order valence-corrected chi connectivity index (χ3v) is 2.59. The summed E-state index contributed by atoms with van der Waals surface area (Å²) < 4.78 is 13.0. The van der Waals surface area contributed by atoms with Gasteiger partial charge >= 0.3 is 0 Å². The van der Waals surface area contributed by atoms with Crippen LogP contribution in [0.4, 0.5) is 4.39 Å². The molecular weight excluding hydrogens is 217 g/mol. The van der Waals surface area contributed by atoms with Gasteiger partial charge in [-0.3, -0.25) is 4.98 Å². The first-order valence-corrected chi connectivity index (χ1v) is 4.76. The summed E-state index contributed by atoms with van der Waals surface area (Å²) in [6.07, 6.45) is 2.48. The molecule has 1 heterocycles. The number of carbonyl (C=O) groups excluding carboxylic acids is 1. The Balaban J connectivity index is 2.70. The molecular formula is C11H7ClFNO. The number of fused-ring (bicyclic) bond motifs is 1. The van der Waals surface area contributed by atoms with Gasteiger partial charge in [-0.1, -0.05) is 11.6 Å². The highest BCUT2D eigenvalue weighted by atomic mass is 35.5. The maximum absolute atomic E-state index is 13.0. The number of aldehydes is 1. The van der Waals surface area contributed by atoms with Crippen molar-refractivity contribution in [1.82, 2.24) is 4.98 Å². The number of pyridine rings is 1. The summed E-state index contributed by atoms with van der Waals surface area (Å²) in [4.78, 5) is 14.5. The number of nitrogens with zero attached hydrogens (tertiary/aromatic N) is 1. The van der Waals surface area contributed by atoms with E-state index in [0.717, 1.165) is 6.29 Å². The van der Waals surface area contributed by atoms with Crippen LogP contribution in [0.15, 0.2) is 24.4 Å². The van der Waals surface area contributed by atoms with Crippen molar-refractivity contribution in [1.29, 1.82) is 0 Å². The third-order valence-electron chi connectivity index (χ3n) is 2.14. The molecule has 0 aliphatic carbocycles. The van der Waals surface area contributed by atoms with Crippen LogP contribution in [0.3, 0.4) is 0 Å². The molecule has 0 saturated heterocycles. The van der Waals surface area contributed by atoms with Crippen molar-refractivity contribution in [2.45, 2.75) is 6.42 Å². The van der Waals surface area contributed by atoms with Crippen molar-refractivity contribution >= 4 is 28.8 Å². The minimum absolute atomic E-state index is 0.193. The Morgan fingerprint density at radius 3 is 3.00 bits per heavy atom. The predicted molar refractivity (Wildman–Crippen MR) is 56.5 cm³/mol. The minimum atomic E-state index is -0.366. The Kier molecular flexibility index (Phi) is 2.64. The average Bonchev–Trinajstić information content (AvgIpc) is 2.23. The molecule has 0 aliphatic heterocycles. The van der Waals surface area contributed by atoms with Gasteiger partial charge in [0.1, 0.15) is 12.1 Å². The zero-order valence-corrected chi connectivity index (χ0v) is 8.46. The van der Waals surface area contributed by atoms with Crippen molar-refractivity contribution in [2.24, 2.45) is 0 Å². The van der Waals surface area contributed by atoms with Crippen molar-refractivity contribution in [2.75, 3.05) is 0 Å². The van der Waals surface area contributed by atoms with E-state index in [9.17, 15) is 9.18 Å². The van der Waals surface area contributed by atoms with Gasteiger partial charge < -0.3 is 4.79 Å². The molecule has 15 heavy (non-hydrogen) atoms. The average molecular weight is 224 g/mol.